The molecule has 0 atom stereocenters. The Bertz CT molecular complexity index is 1410. The summed E-state index contributed by atoms with van der Waals surface area (Å²) in [5, 5.41) is 20.6. The van der Waals surface area contributed by atoms with Crippen LogP contribution >= 0.6 is 23.2 Å². The monoisotopic (exact) mass is 497 g/mol. The number of carboxylic acid groups (broad SMARTS) is 2. The van der Waals surface area contributed by atoms with Crippen LogP contribution in [0.5, 0.6) is 11.5 Å². The Kier molecular flexibility index (Phi) is 6.55. The van der Waals surface area contributed by atoms with Crippen molar-refractivity contribution in [2.45, 2.75) is 26.2 Å². The van der Waals surface area contributed by atoms with E-state index in [2.05, 4.69) is 13.8 Å². The second-order valence-corrected chi connectivity index (χ2v) is 8.95. The maximum atomic E-state index is 12.3. The highest BCUT2D eigenvalue weighted by Gasteiger charge is 2.25. The minimum atomic E-state index is -1.22. The average Bonchev–Trinajstić information content (AvgIpc) is 3.08. The predicted octanol–water partition coefficient (Wildman–Crippen LogP) is 7.18. The fourth-order valence-electron chi connectivity index (χ4n) is 3.92. The number of aliphatic carboxylic acids is 1. The molecule has 0 aliphatic carbocycles. The second kappa shape index (κ2) is 9.41. The first kappa shape index (κ1) is 23.7. The topological polar surface area (TPSA) is 88.8 Å². The van der Waals surface area contributed by atoms with Gasteiger partial charge in [-0.3, -0.25) is 4.79 Å². The van der Waals surface area contributed by atoms with Gasteiger partial charge in [0, 0.05) is 22.8 Å². The Morgan fingerprint density at radius 3 is 2.15 bits per heavy atom. The molecule has 0 amide bonds. The van der Waals surface area contributed by atoms with Crippen LogP contribution < -0.4 is 4.74 Å². The Labute approximate surface area is 205 Å². The summed E-state index contributed by atoms with van der Waals surface area (Å²) in [4.78, 5) is 23.9. The van der Waals surface area contributed by atoms with Gasteiger partial charge in [-0.15, -0.1) is 0 Å². The lowest BCUT2D eigenvalue weighted by Gasteiger charge is -2.13. The van der Waals surface area contributed by atoms with Gasteiger partial charge in [0.1, 0.15) is 11.5 Å². The molecule has 34 heavy (non-hydrogen) atoms. The van der Waals surface area contributed by atoms with E-state index in [-0.39, 0.29) is 11.3 Å². The molecule has 0 spiro atoms. The van der Waals surface area contributed by atoms with Gasteiger partial charge in [-0.05, 0) is 53.9 Å². The van der Waals surface area contributed by atoms with Crippen molar-refractivity contribution in [2.24, 2.45) is 0 Å². The minimum Gasteiger partial charge on any atom is -0.481 e. The summed E-state index contributed by atoms with van der Waals surface area (Å²) >= 11 is 12.0. The number of carbonyl (C=O) groups is 2. The van der Waals surface area contributed by atoms with Crippen molar-refractivity contribution in [3.05, 3.63) is 87.5 Å². The molecule has 0 unspecified atom stereocenters. The molecule has 4 rings (SSSR count). The number of halogens is 2. The summed E-state index contributed by atoms with van der Waals surface area (Å²) in [6.45, 7) is 4.15. The zero-order chi connectivity index (χ0) is 24.6. The summed E-state index contributed by atoms with van der Waals surface area (Å²) in [6.07, 6.45) is -0.453. The minimum absolute atomic E-state index is 0.0788. The third-order valence-electron chi connectivity index (χ3n) is 5.51. The number of benzene rings is 3. The SMILES string of the molecule is CC(C)c1ccc(-n2c(CC(=O)O)c(C(=O)O)c3cc(Oc4ccc(Cl)c(Cl)c4)ccc32)cc1. The lowest BCUT2D eigenvalue weighted by Crippen LogP contribution is -2.11. The van der Waals surface area contributed by atoms with Crippen LogP contribution in [-0.4, -0.2) is 26.7 Å². The standard InChI is InChI=1S/C26H21Cl2NO5/c1-14(2)15-3-5-16(6-4-15)29-22-10-8-17(34-18-7-9-20(27)21(28)12-18)11-19(22)25(26(32)33)23(29)13-24(30)31/h3-12,14H,13H2,1-2H3,(H,30,31)(H,32,33). The average molecular weight is 498 g/mol. The van der Waals surface area contributed by atoms with Gasteiger partial charge in [-0.1, -0.05) is 49.2 Å². The van der Waals surface area contributed by atoms with Crippen LogP contribution in [0.3, 0.4) is 0 Å². The Morgan fingerprint density at radius 1 is 0.912 bits per heavy atom. The van der Waals surface area contributed by atoms with Crippen molar-refractivity contribution >= 4 is 46.0 Å². The Balaban J connectivity index is 1.90. The van der Waals surface area contributed by atoms with Crippen LogP contribution in [-0.2, 0) is 11.2 Å². The van der Waals surface area contributed by atoms with E-state index in [0.29, 0.717) is 44.1 Å². The molecule has 0 fully saturated rings. The molecule has 174 valence electrons. The highest BCUT2D eigenvalue weighted by molar-refractivity contribution is 6.42. The van der Waals surface area contributed by atoms with E-state index in [1.807, 2.05) is 24.3 Å². The highest BCUT2D eigenvalue weighted by Crippen LogP contribution is 2.35. The predicted molar refractivity (Wildman–Crippen MR) is 132 cm³/mol. The first-order valence-corrected chi connectivity index (χ1v) is 11.3. The van der Waals surface area contributed by atoms with Gasteiger partial charge >= 0.3 is 11.9 Å². The van der Waals surface area contributed by atoms with Crippen molar-refractivity contribution in [1.29, 1.82) is 0 Å². The molecule has 2 N–H and O–H groups in total. The quantitative estimate of drug-likeness (QED) is 0.282. The van der Waals surface area contributed by atoms with E-state index in [4.69, 9.17) is 27.9 Å². The van der Waals surface area contributed by atoms with Crippen LogP contribution in [0.1, 0.15) is 41.4 Å². The van der Waals surface area contributed by atoms with E-state index in [9.17, 15) is 19.8 Å². The number of rotatable bonds is 7. The first-order valence-electron chi connectivity index (χ1n) is 10.5. The van der Waals surface area contributed by atoms with Gasteiger partial charge in [0.05, 0.1) is 27.5 Å². The zero-order valence-electron chi connectivity index (χ0n) is 18.4. The number of aromatic nitrogens is 1. The lowest BCUT2D eigenvalue weighted by atomic mass is 10.0. The zero-order valence-corrected chi connectivity index (χ0v) is 19.9. The van der Waals surface area contributed by atoms with E-state index in [1.165, 1.54) is 0 Å². The van der Waals surface area contributed by atoms with Crippen molar-refractivity contribution in [3.8, 4) is 17.2 Å². The Hall–Kier alpha value is -3.48. The number of fused-ring (bicyclic) bond motifs is 1. The van der Waals surface area contributed by atoms with E-state index in [1.54, 1.807) is 41.0 Å². The van der Waals surface area contributed by atoms with Gasteiger partial charge in [0.2, 0.25) is 0 Å². The molecule has 0 bridgehead atoms. The third-order valence-corrected chi connectivity index (χ3v) is 6.25. The van der Waals surface area contributed by atoms with Gasteiger partial charge in [0.25, 0.3) is 0 Å². The Morgan fingerprint density at radius 2 is 1.56 bits per heavy atom. The molecule has 1 aromatic heterocycles. The van der Waals surface area contributed by atoms with Crippen LogP contribution in [0.4, 0.5) is 0 Å². The molecule has 0 saturated carbocycles. The van der Waals surface area contributed by atoms with Crippen molar-refractivity contribution in [1.82, 2.24) is 4.57 Å². The second-order valence-electron chi connectivity index (χ2n) is 8.14. The normalized spacial score (nSPS) is 11.2. The molecule has 1 heterocycles. The van der Waals surface area contributed by atoms with Gasteiger partial charge < -0.3 is 19.5 Å². The molecule has 3 aromatic carbocycles. The maximum absolute atomic E-state index is 12.3. The van der Waals surface area contributed by atoms with Crippen LogP contribution in [0.2, 0.25) is 10.0 Å². The summed E-state index contributed by atoms with van der Waals surface area (Å²) in [5.74, 6) is -1.21. The molecule has 0 saturated heterocycles. The fraction of sp³-hybridized carbons (Fsp3) is 0.154. The summed E-state index contributed by atoms with van der Waals surface area (Å²) < 4.78 is 7.55. The molecule has 0 aliphatic rings. The maximum Gasteiger partial charge on any atom is 0.338 e. The highest BCUT2D eigenvalue weighted by atomic mass is 35.5. The van der Waals surface area contributed by atoms with Crippen LogP contribution in [0.15, 0.2) is 60.7 Å². The van der Waals surface area contributed by atoms with E-state index in [0.717, 1.165) is 5.56 Å². The largest absolute Gasteiger partial charge is 0.481 e. The van der Waals surface area contributed by atoms with Gasteiger partial charge in [-0.25, -0.2) is 4.79 Å². The van der Waals surface area contributed by atoms with E-state index < -0.39 is 18.4 Å². The molecule has 0 radical (unpaired) electrons. The van der Waals surface area contributed by atoms with Gasteiger partial charge in [-0.2, -0.15) is 0 Å². The molecular formula is C26H21Cl2NO5. The van der Waals surface area contributed by atoms with Gasteiger partial charge in [0.15, 0.2) is 0 Å². The number of carboxylic acids is 2. The first-order chi connectivity index (χ1) is 16.2. The van der Waals surface area contributed by atoms with E-state index >= 15 is 0 Å². The summed E-state index contributed by atoms with van der Waals surface area (Å²) in [5.41, 5.74) is 2.46. The molecule has 4 aromatic rings. The van der Waals surface area contributed by atoms with Crippen molar-refractivity contribution in [3.63, 3.8) is 0 Å². The molecule has 0 aliphatic heterocycles. The summed E-state index contributed by atoms with van der Waals surface area (Å²) in [6, 6.07) is 17.5. The number of hydrogen-bond donors (Lipinski definition) is 2. The lowest BCUT2D eigenvalue weighted by molar-refractivity contribution is -0.136. The van der Waals surface area contributed by atoms with Crippen molar-refractivity contribution in [2.75, 3.05) is 0 Å². The number of aromatic carboxylic acids is 1. The van der Waals surface area contributed by atoms with Crippen molar-refractivity contribution < 1.29 is 24.5 Å². The van der Waals surface area contributed by atoms with Crippen LogP contribution in [0, 0.1) is 0 Å². The number of nitrogens with zero attached hydrogens (tertiary/aromatic N) is 1. The fourth-order valence-corrected chi connectivity index (χ4v) is 4.20. The number of ether oxygens (including phenoxy) is 1. The summed E-state index contributed by atoms with van der Waals surface area (Å²) in [7, 11) is 0. The molecular weight excluding hydrogens is 477 g/mol. The third kappa shape index (κ3) is 4.60. The smallest absolute Gasteiger partial charge is 0.338 e. The number of hydrogen-bond acceptors (Lipinski definition) is 3. The molecule has 8 heteroatoms. The van der Waals surface area contributed by atoms with Crippen LogP contribution in [0.25, 0.3) is 16.6 Å². The molecule has 6 nitrogen and oxygen atoms in total.